The van der Waals surface area contributed by atoms with E-state index in [1.165, 1.54) is 24.3 Å². The number of aliphatic hydroxyl groups is 1. The van der Waals surface area contributed by atoms with Gasteiger partial charge in [0.15, 0.2) is 6.10 Å². The molecular formula is C14H18BF3O3. The first kappa shape index (κ1) is 16.3. The number of hydrogen-bond donors (Lipinski definition) is 1. The van der Waals surface area contributed by atoms with Crippen molar-refractivity contribution in [2.24, 2.45) is 0 Å². The lowest BCUT2D eigenvalue weighted by Gasteiger charge is -2.32. The third kappa shape index (κ3) is 3.10. The van der Waals surface area contributed by atoms with Crippen molar-refractivity contribution in [2.45, 2.75) is 51.2 Å². The molecular weight excluding hydrogens is 284 g/mol. The van der Waals surface area contributed by atoms with Crippen molar-refractivity contribution in [2.75, 3.05) is 0 Å². The Morgan fingerprint density at radius 1 is 1.00 bits per heavy atom. The van der Waals surface area contributed by atoms with E-state index in [4.69, 9.17) is 9.31 Å². The maximum atomic E-state index is 12.4. The number of hydrogen-bond acceptors (Lipinski definition) is 3. The highest BCUT2D eigenvalue weighted by Crippen LogP contribution is 2.37. The molecule has 116 valence electrons. The summed E-state index contributed by atoms with van der Waals surface area (Å²) in [7, 11) is -0.632. The zero-order valence-corrected chi connectivity index (χ0v) is 12.4. The van der Waals surface area contributed by atoms with E-state index in [9.17, 15) is 18.3 Å². The quantitative estimate of drug-likeness (QED) is 0.853. The van der Waals surface area contributed by atoms with Crippen LogP contribution in [0.2, 0.25) is 0 Å². The van der Waals surface area contributed by atoms with Crippen LogP contribution >= 0.6 is 0 Å². The van der Waals surface area contributed by atoms with E-state index in [1.807, 2.05) is 27.7 Å². The van der Waals surface area contributed by atoms with Gasteiger partial charge < -0.3 is 14.4 Å². The smallest absolute Gasteiger partial charge is 0.399 e. The number of benzene rings is 1. The lowest BCUT2D eigenvalue weighted by Crippen LogP contribution is -2.41. The fourth-order valence-corrected chi connectivity index (χ4v) is 2.00. The maximum Gasteiger partial charge on any atom is 0.494 e. The predicted octanol–water partition coefficient (Wildman–Crippen LogP) is 2.58. The molecule has 21 heavy (non-hydrogen) atoms. The molecule has 1 N–H and O–H groups in total. The van der Waals surface area contributed by atoms with E-state index in [0.717, 1.165) is 0 Å². The first-order chi connectivity index (χ1) is 9.44. The van der Waals surface area contributed by atoms with Crippen molar-refractivity contribution in [3.63, 3.8) is 0 Å². The van der Waals surface area contributed by atoms with Crippen molar-refractivity contribution in [3.8, 4) is 0 Å². The summed E-state index contributed by atoms with van der Waals surface area (Å²) in [5.41, 5.74) is -0.613. The number of aliphatic hydroxyl groups excluding tert-OH is 1. The van der Waals surface area contributed by atoms with Gasteiger partial charge in [-0.25, -0.2) is 0 Å². The van der Waals surface area contributed by atoms with Crippen LogP contribution in [0.25, 0.3) is 0 Å². The highest BCUT2D eigenvalue weighted by atomic mass is 19.4. The molecule has 1 aliphatic heterocycles. The summed E-state index contributed by atoms with van der Waals surface area (Å²) in [5, 5.41) is 9.19. The van der Waals surface area contributed by atoms with Gasteiger partial charge in [-0.1, -0.05) is 24.3 Å². The second kappa shape index (κ2) is 5.00. The molecule has 0 unspecified atom stereocenters. The van der Waals surface area contributed by atoms with E-state index in [1.54, 1.807) is 0 Å². The minimum atomic E-state index is -4.67. The van der Waals surface area contributed by atoms with Crippen molar-refractivity contribution >= 4 is 12.6 Å². The minimum absolute atomic E-state index is 0.206. The summed E-state index contributed by atoms with van der Waals surface area (Å²) in [6, 6.07) is 5.43. The summed E-state index contributed by atoms with van der Waals surface area (Å²) in [6.07, 6.45) is -7.16. The van der Waals surface area contributed by atoms with Crippen LogP contribution in [0.4, 0.5) is 13.2 Å². The standard InChI is InChI=1S/C14H18BF3O3/c1-12(2)13(3,4)21-15(20-12)10-7-5-9(6-8-10)11(19)14(16,17)18/h5-8,11,19H,1-4H3/t11-/m1/s1. The van der Waals surface area contributed by atoms with E-state index in [-0.39, 0.29) is 5.56 Å². The molecule has 0 bridgehead atoms. The third-order valence-electron chi connectivity index (χ3n) is 4.09. The van der Waals surface area contributed by atoms with Crippen molar-refractivity contribution < 1.29 is 27.6 Å². The Morgan fingerprint density at radius 2 is 1.43 bits per heavy atom. The van der Waals surface area contributed by atoms with Crippen molar-refractivity contribution in [3.05, 3.63) is 29.8 Å². The molecule has 1 aliphatic rings. The highest BCUT2D eigenvalue weighted by Gasteiger charge is 2.51. The second-order valence-corrected chi connectivity index (χ2v) is 6.20. The molecule has 1 aromatic rings. The first-order valence-corrected chi connectivity index (χ1v) is 6.64. The molecule has 0 aromatic heterocycles. The molecule has 0 spiro atoms. The summed E-state index contributed by atoms with van der Waals surface area (Å²) in [6.45, 7) is 7.59. The Hall–Kier alpha value is -1.05. The molecule has 0 amide bonds. The fourth-order valence-electron chi connectivity index (χ4n) is 2.00. The first-order valence-electron chi connectivity index (χ1n) is 6.64. The predicted molar refractivity (Wildman–Crippen MR) is 73.2 cm³/mol. The topological polar surface area (TPSA) is 38.7 Å². The van der Waals surface area contributed by atoms with Gasteiger partial charge in [-0.05, 0) is 38.7 Å². The van der Waals surface area contributed by atoms with Crippen LogP contribution in [-0.4, -0.2) is 29.6 Å². The maximum absolute atomic E-state index is 12.4. The Balaban J connectivity index is 2.18. The lowest BCUT2D eigenvalue weighted by atomic mass is 9.78. The average molecular weight is 302 g/mol. The van der Waals surface area contributed by atoms with Crippen LogP contribution < -0.4 is 5.46 Å². The number of halogens is 3. The van der Waals surface area contributed by atoms with Crippen LogP contribution in [0, 0.1) is 0 Å². The van der Waals surface area contributed by atoms with Gasteiger partial charge in [-0.2, -0.15) is 13.2 Å². The Morgan fingerprint density at radius 3 is 1.81 bits per heavy atom. The second-order valence-electron chi connectivity index (χ2n) is 6.20. The largest absolute Gasteiger partial charge is 0.494 e. The van der Waals surface area contributed by atoms with Gasteiger partial charge in [0.25, 0.3) is 0 Å². The van der Waals surface area contributed by atoms with Crippen LogP contribution in [0.15, 0.2) is 24.3 Å². The van der Waals surface area contributed by atoms with E-state index < -0.39 is 30.6 Å². The van der Waals surface area contributed by atoms with Crippen molar-refractivity contribution in [1.29, 1.82) is 0 Å². The molecule has 7 heteroatoms. The SMILES string of the molecule is CC1(C)OB(c2ccc([C@@H](O)C(F)(F)F)cc2)OC1(C)C. The van der Waals surface area contributed by atoms with E-state index in [0.29, 0.717) is 5.46 Å². The average Bonchev–Trinajstić information content (AvgIpc) is 2.57. The Bertz CT molecular complexity index is 495. The molecule has 2 rings (SSSR count). The monoisotopic (exact) mass is 302 g/mol. The van der Waals surface area contributed by atoms with Gasteiger partial charge in [0, 0.05) is 0 Å². The Labute approximate surface area is 122 Å². The zero-order chi connectivity index (χ0) is 16.1. The molecule has 3 nitrogen and oxygen atoms in total. The van der Waals surface area contributed by atoms with Crippen LogP contribution in [0.1, 0.15) is 39.4 Å². The van der Waals surface area contributed by atoms with Gasteiger partial charge >= 0.3 is 13.3 Å². The molecule has 0 saturated carbocycles. The van der Waals surface area contributed by atoms with Gasteiger partial charge in [0.05, 0.1) is 11.2 Å². The molecule has 1 heterocycles. The van der Waals surface area contributed by atoms with Crippen LogP contribution in [-0.2, 0) is 9.31 Å². The lowest BCUT2D eigenvalue weighted by molar-refractivity contribution is -0.206. The van der Waals surface area contributed by atoms with Crippen LogP contribution in [0.3, 0.4) is 0 Å². The molecule has 0 aliphatic carbocycles. The summed E-state index contributed by atoms with van der Waals surface area (Å²) in [4.78, 5) is 0. The Kier molecular flexibility index (Phi) is 3.89. The molecule has 1 atom stereocenters. The number of alkyl halides is 3. The molecule has 1 aromatic carbocycles. The minimum Gasteiger partial charge on any atom is -0.399 e. The molecule has 1 saturated heterocycles. The van der Waals surface area contributed by atoms with Crippen molar-refractivity contribution in [1.82, 2.24) is 0 Å². The third-order valence-corrected chi connectivity index (χ3v) is 4.09. The van der Waals surface area contributed by atoms with E-state index in [2.05, 4.69) is 0 Å². The highest BCUT2D eigenvalue weighted by molar-refractivity contribution is 6.62. The normalized spacial score (nSPS) is 22.4. The van der Waals surface area contributed by atoms with Crippen LogP contribution in [0.5, 0.6) is 0 Å². The van der Waals surface area contributed by atoms with E-state index >= 15 is 0 Å². The summed E-state index contributed by atoms with van der Waals surface area (Å²) >= 11 is 0. The van der Waals surface area contributed by atoms with Gasteiger partial charge in [0.1, 0.15) is 0 Å². The fraction of sp³-hybridized carbons (Fsp3) is 0.571. The van der Waals surface area contributed by atoms with Gasteiger partial charge in [0.2, 0.25) is 0 Å². The molecule has 1 fully saturated rings. The molecule has 0 radical (unpaired) electrons. The summed E-state index contributed by atoms with van der Waals surface area (Å²) in [5.74, 6) is 0. The summed E-state index contributed by atoms with van der Waals surface area (Å²) < 4.78 is 48.9. The number of rotatable bonds is 2. The van der Waals surface area contributed by atoms with Gasteiger partial charge in [-0.15, -0.1) is 0 Å². The van der Waals surface area contributed by atoms with Gasteiger partial charge in [-0.3, -0.25) is 0 Å². The zero-order valence-electron chi connectivity index (χ0n) is 12.4.